The van der Waals surface area contributed by atoms with Crippen LogP contribution in [0.4, 0.5) is 0 Å². The van der Waals surface area contributed by atoms with Gasteiger partial charge in [0, 0.05) is 15.5 Å². The van der Waals surface area contributed by atoms with Gasteiger partial charge in [-0.25, -0.2) is 0 Å². The van der Waals surface area contributed by atoms with Crippen LogP contribution in [0.1, 0.15) is 52.0 Å². The Bertz CT molecular complexity index is 596. The normalized spacial score (nSPS) is 16.6. The van der Waals surface area contributed by atoms with Crippen LogP contribution in [0.3, 0.4) is 0 Å². The highest BCUT2D eigenvalue weighted by molar-refractivity contribution is 9.09. The highest BCUT2D eigenvalue weighted by atomic mass is 79.9. The van der Waals surface area contributed by atoms with Gasteiger partial charge in [0.15, 0.2) is 0 Å². The molecule has 0 fully saturated rings. The first kappa shape index (κ1) is 15.6. The maximum atomic E-state index is 3.90. The van der Waals surface area contributed by atoms with Crippen LogP contribution in [0.25, 0.3) is 0 Å². The van der Waals surface area contributed by atoms with Gasteiger partial charge in [0.2, 0.25) is 0 Å². The molecule has 0 saturated carbocycles. The van der Waals surface area contributed by atoms with Gasteiger partial charge in [-0.1, -0.05) is 61.0 Å². The number of hydrogen-bond acceptors (Lipinski definition) is 2. The average Bonchev–Trinajstić information content (AvgIpc) is 2.89. The van der Waals surface area contributed by atoms with Gasteiger partial charge in [-0.3, -0.25) is 0 Å². The van der Waals surface area contributed by atoms with E-state index >= 15 is 0 Å². The smallest absolute Gasteiger partial charge is 0.0738 e. The molecule has 3 heteroatoms. The maximum absolute atomic E-state index is 3.90. The highest BCUT2D eigenvalue weighted by Gasteiger charge is 2.20. The van der Waals surface area contributed by atoms with E-state index in [0.29, 0.717) is 4.83 Å². The molecule has 0 N–H and O–H groups in total. The molecule has 2 heterocycles. The van der Waals surface area contributed by atoms with Crippen LogP contribution < -0.4 is 0 Å². The van der Waals surface area contributed by atoms with Crippen molar-refractivity contribution in [1.82, 2.24) is 0 Å². The minimum Gasteiger partial charge on any atom is -0.157 e. The summed E-state index contributed by atoms with van der Waals surface area (Å²) in [6.45, 7) is 6.79. The molecule has 1 aliphatic rings. The van der Waals surface area contributed by atoms with E-state index in [9.17, 15) is 0 Å². The van der Waals surface area contributed by atoms with Gasteiger partial charge in [0.05, 0.1) is 4.83 Å². The number of halogens is 1. The van der Waals surface area contributed by atoms with Crippen LogP contribution in [0.2, 0.25) is 0 Å². The summed E-state index contributed by atoms with van der Waals surface area (Å²) in [5, 5.41) is 0. The highest BCUT2D eigenvalue weighted by Crippen LogP contribution is 2.40. The van der Waals surface area contributed by atoms with E-state index in [2.05, 4.69) is 78.8 Å². The first-order valence-corrected chi connectivity index (χ1v) is 10.3. The van der Waals surface area contributed by atoms with Crippen LogP contribution >= 0.6 is 39.0 Å². The number of alkyl halides is 1. The molecule has 0 spiro atoms. The predicted octanol–water partition coefficient (Wildman–Crippen LogP) is 6.32. The molecule has 0 nitrogen and oxygen atoms in total. The Morgan fingerprint density at radius 2 is 1.86 bits per heavy atom. The molecule has 0 saturated heterocycles. The third kappa shape index (κ3) is 3.40. The third-order valence-corrected chi connectivity index (χ3v) is 7.60. The number of thioether (sulfide) groups is 1. The van der Waals surface area contributed by atoms with Gasteiger partial charge >= 0.3 is 0 Å². The molecule has 112 valence electrons. The van der Waals surface area contributed by atoms with Crippen LogP contribution in [-0.4, -0.2) is 5.75 Å². The first-order valence-electron chi connectivity index (χ1n) is 7.39. The SMILES string of the molecule is CC(C)(C)c1ccc(C(Br)c2cc3c(s2)CCSC3)cc1. The lowest BCUT2D eigenvalue weighted by molar-refractivity contribution is 0.590. The predicted molar refractivity (Wildman–Crippen MR) is 100 cm³/mol. The van der Waals surface area contributed by atoms with Gasteiger partial charge in [-0.2, -0.15) is 11.8 Å². The Labute approximate surface area is 144 Å². The molecule has 1 aromatic heterocycles. The van der Waals surface area contributed by atoms with Crippen LogP contribution in [0.15, 0.2) is 30.3 Å². The van der Waals surface area contributed by atoms with Crippen LogP contribution in [0.5, 0.6) is 0 Å². The van der Waals surface area contributed by atoms with Crippen molar-refractivity contribution < 1.29 is 0 Å². The Kier molecular flexibility index (Phi) is 4.54. The van der Waals surface area contributed by atoms with E-state index < -0.39 is 0 Å². The fraction of sp³-hybridized carbons (Fsp3) is 0.444. The lowest BCUT2D eigenvalue weighted by atomic mass is 9.86. The fourth-order valence-electron chi connectivity index (χ4n) is 2.61. The molecule has 0 aliphatic carbocycles. The summed E-state index contributed by atoms with van der Waals surface area (Å²) < 4.78 is 0. The Morgan fingerprint density at radius 1 is 1.14 bits per heavy atom. The standard InChI is InChI=1S/C18H21BrS2/c1-18(2,3)14-6-4-12(5-7-14)17(19)16-10-13-11-20-9-8-15(13)21-16/h4-7,10,17H,8-9,11H2,1-3H3. The van der Waals surface area contributed by atoms with Crippen molar-refractivity contribution in [3.63, 3.8) is 0 Å². The molecular weight excluding hydrogens is 360 g/mol. The minimum atomic E-state index is 0.222. The van der Waals surface area contributed by atoms with E-state index in [0.717, 1.165) is 0 Å². The summed E-state index contributed by atoms with van der Waals surface area (Å²) in [7, 11) is 0. The summed E-state index contributed by atoms with van der Waals surface area (Å²) >= 11 is 7.94. The van der Waals surface area contributed by atoms with Gasteiger partial charge in [0.25, 0.3) is 0 Å². The monoisotopic (exact) mass is 380 g/mol. The average molecular weight is 381 g/mol. The van der Waals surface area contributed by atoms with E-state index in [1.807, 2.05) is 11.3 Å². The van der Waals surface area contributed by atoms with Crippen molar-refractivity contribution in [1.29, 1.82) is 0 Å². The number of hydrogen-bond donors (Lipinski definition) is 0. The molecule has 3 rings (SSSR count). The minimum absolute atomic E-state index is 0.222. The van der Waals surface area contributed by atoms with Crippen molar-refractivity contribution in [3.05, 3.63) is 56.8 Å². The second-order valence-electron chi connectivity index (χ2n) is 6.63. The summed E-state index contributed by atoms with van der Waals surface area (Å²) in [6, 6.07) is 11.5. The zero-order valence-electron chi connectivity index (χ0n) is 12.8. The van der Waals surface area contributed by atoms with Gasteiger partial charge in [-0.15, -0.1) is 11.3 Å². The van der Waals surface area contributed by atoms with E-state index in [4.69, 9.17) is 0 Å². The number of aryl methyl sites for hydroxylation is 1. The first-order chi connectivity index (χ1) is 9.95. The number of thiophene rings is 1. The Hall–Kier alpha value is -0.250. The summed E-state index contributed by atoms with van der Waals surface area (Å²) in [5.41, 5.74) is 4.53. The Balaban J connectivity index is 1.84. The third-order valence-electron chi connectivity index (χ3n) is 3.97. The quantitative estimate of drug-likeness (QED) is 0.549. The van der Waals surface area contributed by atoms with Crippen molar-refractivity contribution in [3.8, 4) is 0 Å². The zero-order valence-corrected chi connectivity index (χ0v) is 16.0. The van der Waals surface area contributed by atoms with Gasteiger partial charge in [-0.05, 0) is 40.3 Å². The molecular formula is C18H21BrS2. The number of rotatable bonds is 2. The molecule has 1 aromatic carbocycles. The molecule has 0 radical (unpaired) electrons. The van der Waals surface area contributed by atoms with Crippen molar-refractivity contribution >= 4 is 39.0 Å². The summed E-state index contributed by atoms with van der Waals surface area (Å²) in [5.74, 6) is 2.47. The lowest BCUT2D eigenvalue weighted by Crippen LogP contribution is -2.10. The van der Waals surface area contributed by atoms with Crippen molar-refractivity contribution in [2.75, 3.05) is 5.75 Å². The second kappa shape index (κ2) is 6.10. The molecule has 2 aromatic rings. The molecule has 21 heavy (non-hydrogen) atoms. The molecule has 0 bridgehead atoms. The molecule has 1 atom stereocenters. The van der Waals surface area contributed by atoms with Gasteiger partial charge < -0.3 is 0 Å². The van der Waals surface area contributed by atoms with E-state index in [1.165, 1.54) is 33.9 Å². The molecule has 1 unspecified atom stereocenters. The van der Waals surface area contributed by atoms with Crippen LogP contribution in [-0.2, 0) is 17.6 Å². The van der Waals surface area contributed by atoms with Crippen LogP contribution in [0, 0.1) is 0 Å². The number of fused-ring (bicyclic) bond motifs is 1. The zero-order chi connectivity index (χ0) is 15.0. The summed E-state index contributed by atoms with van der Waals surface area (Å²) in [6.07, 6.45) is 1.24. The largest absolute Gasteiger partial charge is 0.157 e. The topological polar surface area (TPSA) is 0 Å². The fourth-order valence-corrected chi connectivity index (χ4v) is 5.71. The van der Waals surface area contributed by atoms with E-state index in [-0.39, 0.29) is 5.41 Å². The van der Waals surface area contributed by atoms with Crippen molar-refractivity contribution in [2.24, 2.45) is 0 Å². The molecule has 0 amide bonds. The Morgan fingerprint density at radius 3 is 2.48 bits per heavy atom. The van der Waals surface area contributed by atoms with Crippen molar-refractivity contribution in [2.45, 2.75) is 43.2 Å². The number of benzene rings is 1. The summed E-state index contributed by atoms with van der Waals surface area (Å²) in [4.78, 5) is 3.37. The second-order valence-corrected chi connectivity index (χ2v) is 9.82. The lowest BCUT2D eigenvalue weighted by Gasteiger charge is -2.19. The maximum Gasteiger partial charge on any atom is 0.0738 e. The van der Waals surface area contributed by atoms with E-state index in [1.54, 1.807) is 10.4 Å². The van der Waals surface area contributed by atoms with Gasteiger partial charge in [0.1, 0.15) is 0 Å². The molecule has 1 aliphatic heterocycles.